The highest BCUT2D eigenvalue weighted by Gasteiger charge is 2.13. The average molecular weight is 222 g/mol. The molecular weight excluding hydrogens is 204 g/mol. The molecule has 0 saturated heterocycles. The monoisotopic (exact) mass is 222 g/mol. The normalized spacial score (nSPS) is 10.4. The number of nitrogens with two attached hydrogens (primary N) is 1. The van der Waals surface area contributed by atoms with Gasteiger partial charge < -0.3 is 15.7 Å². The van der Waals surface area contributed by atoms with Crippen LogP contribution in [0.3, 0.4) is 0 Å². The summed E-state index contributed by atoms with van der Waals surface area (Å²) in [6, 6.07) is 7.74. The first-order valence-corrected chi connectivity index (χ1v) is 5.35. The van der Waals surface area contributed by atoms with E-state index in [4.69, 9.17) is 10.8 Å². The standard InChI is InChI=1S/C12H18N2O2/c1-9(2)14(8-7-12(15)16)11-6-4-3-5-10(11)13/h3-6,9H,7-8,13H2,1-2H3,(H,15,16). The molecule has 1 aromatic carbocycles. The summed E-state index contributed by atoms with van der Waals surface area (Å²) < 4.78 is 0. The van der Waals surface area contributed by atoms with Crippen molar-refractivity contribution in [1.29, 1.82) is 0 Å². The number of hydrogen-bond donors (Lipinski definition) is 2. The van der Waals surface area contributed by atoms with Crippen molar-refractivity contribution >= 4 is 17.3 Å². The fourth-order valence-electron chi connectivity index (χ4n) is 1.62. The van der Waals surface area contributed by atoms with Crippen LogP contribution in [0.4, 0.5) is 11.4 Å². The third kappa shape index (κ3) is 3.15. The van der Waals surface area contributed by atoms with Gasteiger partial charge in [-0.1, -0.05) is 12.1 Å². The van der Waals surface area contributed by atoms with Crippen LogP contribution in [-0.2, 0) is 4.79 Å². The Bertz CT molecular complexity index is 364. The molecule has 0 aromatic heterocycles. The maximum atomic E-state index is 10.6. The van der Waals surface area contributed by atoms with Crippen molar-refractivity contribution < 1.29 is 9.90 Å². The van der Waals surface area contributed by atoms with E-state index in [1.165, 1.54) is 0 Å². The van der Waals surface area contributed by atoms with Crippen molar-refractivity contribution in [3.05, 3.63) is 24.3 Å². The molecule has 1 aromatic rings. The Morgan fingerprint density at radius 2 is 2.06 bits per heavy atom. The van der Waals surface area contributed by atoms with Crippen molar-refractivity contribution in [2.24, 2.45) is 0 Å². The van der Waals surface area contributed by atoms with E-state index in [2.05, 4.69) is 0 Å². The summed E-state index contributed by atoms with van der Waals surface area (Å²) in [6.07, 6.45) is 0.118. The molecule has 0 fully saturated rings. The highest BCUT2D eigenvalue weighted by Crippen LogP contribution is 2.24. The zero-order valence-corrected chi connectivity index (χ0v) is 9.68. The molecular formula is C12H18N2O2. The van der Waals surface area contributed by atoms with E-state index in [9.17, 15) is 4.79 Å². The van der Waals surface area contributed by atoms with Gasteiger partial charge in [-0.15, -0.1) is 0 Å². The van der Waals surface area contributed by atoms with E-state index >= 15 is 0 Å². The minimum atomic E-state index is -0.792. The molecule has 0 radical (unpaired) electrons. The highest BCUT2D eigenvalue weighted by atomic mass is 16.4. The van der Waals surface area contributed by atoms with Crippen LogP contribution in [-0.4, -0.2) is 23.7 Å². The Morgan fingerprint density at radius 1 is 1.44 bits per heavy atom. The van der Waals surface area contributed by atoms with Crippen LogP contribution in [0.1, 0.15) is 20.3 Å². The quantitative estimate of drug-likeness (QED) is 0.747. The number of nitrogen functional groups attached to an aromatic ring is 1. The molecule has 0 spiro atoms. The molecule has 0 aliphatic carbocycles. The van der Waals surface area contributed by atoms with Crippen LogP contribution in [0.5, 0.6) is 0 Å². The number of aliphatic carboxylic acids is 1. The van der Waals surface area contributed by atoms with E-state index in [-0.39, 0.29) is 12.5 Å². The lowest BCUT2D eigenvalue weighted by Crippen LogP contribution is -2.33. The van der Waals surface area contributed by atoms with Crippen LogP contribution in [0.2, 0.25) is 0 Å². The molecule has 88 valence electrons. The first-order chi connectivity index (χ1) is 7.52. The van der Waals surface area contributed by atoms with Gasteiger partial charge in [0.1, 0.15) is 0 Å². The number of carboxylic acid groups (broad SMARTS) is 1. The molecule has 0 aliphatic heterocycles. The van der Waals surface area contributed by atoms with Crippen molar-refractivity contribution in [3.8, 4) is 0 Å². The van der Waals surface area contributed by atoms with E-state index in [1.807, 2.05) is 43.0 Å². The van der Waals surface area contributed by atoms with Crippen LogP contribution >= 0.6 is 0 Å². The highest BCUT2D eigenvalue weighted by molar-refractivity contribution is 5.70. The van der Waals surface area contributed by atoms with Gasteiger partial charge in [0.05, 0.1) is 17.8 Å². The number of para-hydroxylation sites is 2. The summed E-state index contributed by atoms with van der Waals surface area (Å²) in [5.74, 6) is -0.792. The Balaban J connectivity index is 2.85. The van der Waals surface area contributed by atoms with Gasteiger partial charge in [-0.25, -0.2) is 0 Å². The summed E-state index contributed by atoms with van der Waals surface area (Å²) in [5.41, 5.74) is 7.46. The third-order valence-electron chi connectivity index (χ3n) is 2.44. The number of benzene rings is 1. The summed E-state index contributed by atoms with van der Waals surface area (Å²) in [6.45, 7) is 4.52. The predicted octanol–water partition coefficient (Wildman–Crippen LogP) is 1.96. The second kappa shape index (κ2) is 5.39. The molecule has 1 rings (SSSR count). The van der Waals surface area contributed by atoms with E-state index in [1.54, 1.807) is 0 Å². The molecule has 16 heavy (non-hydrogen) atoms. The topological polar surface area (TPSA) is 66.6 Å². The number of hydrogen-bond acceptors (Lipinski definition) is 3. The lowest BCUT2D eigenvalue weighted by Gasteiger charge is -2.29. The van der Waals surface area contributed by atoms with Gasteiger partial charge in [0.2, 0.25) is 0 Å². The van der Waals surface area contributed by atoms with Crippen molar-refractivity contribution in [3.63, 3.8) is 0 Å². The van der Waals surface area contributed by atoms with Gasteiger partial charge in [0.25, 0.3) is 0 Å². The summed E-state index contributed by atoms with van der Waals surface area (Å²) >= 11 is 0. The molecule has 0 atom stereocenters. The molecule has 0 amide bonds. The molecule has 4 heteroatoms. The largest absolute Gasteiger partial charge is 0.481 e. The molecule has 0 bridgehead atoms. The molecule has 0 unspecified atom stereocenters. The first kappa shape index (κ1) is 12.4. The molecule has 0 aliphatic rings. The predicted molar refractivity (Wildman–Crippen MR) is 65.6 cm³/mol. The van der Waals surface area contributed by atoms with Gasteiger partial charge in [-0.05, 0) is 26.0 Å². The zero-order valence-electron chi connectivity index (χ0n) is 9.68. The smallest absolute Gasteiger partial charge is 0.305 e. The van der Waals surface area contributed by atoms with E-state index in [0.717, 1.165) is 5.69 Å². The number of nitrogens with zero attached hydrogens (tertiary/aromatic N) is 1. The Kier molecular flexibility index (Phi) is 4.17. The van der Waals surface area contributed by atoms with Gasteiger partial charge in [0.15, 0.2) is 0 Å². The van der Waals surface area contributed by atoms with Gasteiger partial charge in [-0.3, -0.25) is 4.79 Å². The second-order valence-electron chi connectivity index (χ2n) is 3.99. The number of carbonyl (C=O) groups is 1. The van der Waals surface area contributed by atoms with Crippen LogP contribution < -0.4 is 10.6 Å². The molecule has 3 N–H and O–H groups in total. The zero-order chi connectivity index (χ0) is 12.1. The maximum Gasteiger partial charge on any atom is 0.305 e. The van der Waals surface area contributed by atoms with Crippen LogP contribution in [0.15, 0.2) is 24.3 Å². The van der Waals surface area contributed by atoms with E-state index in [0.29, 0.717) is 12.2 Å². The maximum absolute atomic E-state index is 10.6. The second-order valence-corrected chi connectivity index (χ2v) is 3.99. The lowest BCUT2D eigenvalue weighted by atomic mass is 10.2. The number of rotatable bonds is 5. The summed E-state index contributed by atoms with van der Waals surface area (Å²) in [4.78, 5) is 12.6. The van der Waals surface area contributed by atoms with Gasteiger partial charge in [-0.2, -0.15) is 0 Å². The fourth-order valence-corrected chi connectivity index (χ4v) is 1.62. The van der Waals surface area contributed by atoms with Gasteiger partial charge >= 0.3 is 5.97 Å². The average Bonchev–Trinajstić information content (AvgIpc) is 2.20. The van der Waals surface area contributed by atoms with Crippen molar-refractivity contribution in [2.75, 3.05) is 17.2 Å². The van der Waals surface area contributed by atoms with Crippen LogP contribution in [0.25, 0.3) is 0 Å². The van der Waals surface area contributed by atoms with Crippen molar-refractivity contribution in [1.82, 2.24) is 0 Å². The SMILES string of the molecule is CC(C)N(CCC(=O)O)c1ccccc1N. The van der Waals surface area contributed by atoms with E-state index < -0.39 is 5.97 Å². The lowest BCUT2D eigenvalue weighted by molar-refractivity contribution is -0.136. The summed E-state index contributed by atoms with van der Waals surface area (Å²) in [7, 11) is 0. The minimum absolute atomic E-state index is 0.118. The number of anilines is 2. The van der Waals surface area contributed by atoms with Gasteiger partial charge in [0, 0.05) is 12.6 Å². The first-order valence-electron chi connectivity index (χ1n) is 5.35. The fraction of sp³-hybridized carbons (Fsp3) is 0.417. The third-order valence-corrected chi connectivity index (χ3v) is 2.44. The van der Waals surface area contributed by atoms with Crippen molar-refractivity contribution in [2.45, 2.75) is 26.3 Å². The van der Waals surface area contributed by atoms with Crippen LogP contribution in [0, 0.1) is 0 Å². The minimum Gasteiger partial charge on any atom is -0.481 e. The molecule has 0 saturated carbocycles. The Labute approximate surface area is 95.7 Å². The Hall–Kier alpha value is -1.71. The summed E-state index contributed by atoms with van der Waals surface area (Å²) in [5, 5.41) is 8.70. The Morgan fingerprint density at radius 3 is 2.56 bits per heavy atom. The molecule has 4 nitrogen and oxygen atoms in total. The molecule has 0 heterocycles. The number of carboxylic acids is 1.